The minimum atomic E-state index is -0.363. The lowest BCUT2D eigenvalue weighted by Gasteiger charge is -2.09. The Balaban J connectivity index is 2.32. The molecule has 0 saturated heterocycles. The summed E-state index contributed by atoms with van der Waals surface area (Å²) in [5, 5.41) is 14.1. The van der Waals surface area contributed by atoms with Crippen LogP contribution in [-0.4, -0.2) is 14.9 Å². The Morgan fingerprint density at radius 2 is 2.25 bits per heavy atom. The van der Waals surface area contributed by atoms with E-state index in [0.717, 1.165) is 36.9 Å². The van der Waals surface area contributed by atoms with Gasteiger partial charge in [-0.3, -0.25) is 4.68 Å². The number of unbranched alkanes of at least 4 members (excludes halogenated alkanes) is 3. The molecule has 1 heterocycles. The predicted octanol–water partition coefficient (Wildman–Crippen LogP) is 2.90. The third-order valence-electron chi connectivity index (χ3n) is 3.02. The molecular weight excluding hydrogens is 200 g/mol. The molecule has 16 heavy (non-hydrogen) atoms. The number of rotatable bonds is 7. The standard InChI is InChI=1S/C13H22N2O/c1-4-5-6-7-8-9-13(16)12-10-14-15(3)11(12)2/h4,10,13,16H,1,5-9H2,2-3H3. The van der Waals surface area contributed by atoms with E-state index in [1.165, 1.54) is 6.42 Å². The maximum absolute atomic E-state index is 10.00. The molecule has 0 aliphatic carbocycles. The molecule has 0 aliphatic heterocycles. The van der Waals surface area contributed by atoms with Gasteiger partial charge in [0.15, 0.2) is 0 Å². The zero-order valence-electron chi connectivity index (χ0n) is 10.3. The van der Waals surface area contributed by atoms with E-state index < -0.39 is 0 Å². The fraction of sp³-hybridized carbons (Fsp3) is 0.615. The van der Waals surface area contributed by atoms with Gasteiger partial charge in [0.1, 0.15) is 0 Å². The van der Waals surface area contributed by atoms with Gasteiger partial charge in [0.2, 0.25) is 0 Å². The van der Waals surface area contributed by atoms with Gasteiger partial charge in [-0.1, -0.05) is 18.9 Å². The van der Waals surface area contributed by atoms with Crippen molar-refractivity contribution >= 4 is 0 Å². The van der Waals surface area contributed by atoms with Crippen molar-refractivity contribution in [2.24, 2.45) is 7.05 Å². The summed E-state index contributed by atoms with van der Waals surface area (Å²) in [6.07, 6.45) is 8.63. The molecule has 1 rings (SSSR count). The zero-order chi connectivity index (χ0) is 12.0. The number of aryl methyl sites for hydroxylation is 1. The average molecular weight is 222 g/mol. The Bertz CT molecular complexity index is 331. The molecule has 0 spiro atoms. The van der Waals surface area contributed by atoms with Crippen LogP contribution in [0.2, 0.25) is 0 Å². The second-order valence-electron chi connectivity index (χ2n) is 4.25. The third-order valence-corrected chi connectivity index (χ3v) is 3.02. The van der Waals surface area contributed by atoms with Crippen LogP contribution in [-0.2, 0) is 7.05 Å². The Labute approximate surface area is 97.8 Å². The summed E-state index contributed by atoms with van der Waals surface area (Å²) < 4.78 is 1.80. The largest absolute Gasteiger partial charge is 0.388 e. The highest BCUT2D eigenvalue weighted by atomic mass is 16.3. The van der Waals surface area contributed by atoms with Gasteiger partial charge in [-0.2, -0.15) is 5.10 Å². The first kappa shape index (κ1) is 13.0. The fourth-order valence-electron chi connectivity index (χ4n) is 1.80. The van der Waals surface area contributed by atoms with Crippen molar-refractivity contribution in [3.05, 3.63) is 30.1 Å². The minimum Gasteiger partial charge on any atom is -0.388 e. The Morgan fingerprint density at radius 3 is 2.81 bits per heavy atom. The molecule has 1 atom stereocenters. The summed E-state index contributed by atoms with van der Waals surface area (Å²) in [7, 11) is 1.90. The first-order valence-electron chi connectivity index (χ1n) is 5.94. The normalized spacial score (nSPS) is 12.7. The summed E-state index contributed by atoms with van der Waals surface area (Å²) >= 11 is 0. The van der Waals surface area contributed by atoms with Gasteiger partial charge < -0.3 is 5.11 Å². The van der Waals surface area contributed by atoms with Crippen molar-refractivity contribution in [3.63, 3.8) is 0 Å². The lowest BCUT2D eigenvalue weighted by atomic mass is 10.0. The highest BCUT2D eigenvalue weighted by molar-refractivity contribution is 5.18. The number of hydrogen-bond acceptors (Lipinski definition) is 2. The van der Waals surface area contributed by atoms with Crippen LogP contribution in [0.15, 0.2) is 18.9 Å². The second-order valence-corrected chi connectivity index (χ2v) is 4.25. The topological polar surface area (TPSA) is 38.1 Å². The SMILES string of the molecule is C=CCCCCCC(O)c1cnn(C)c1C. The molecule has 0 aliphatic rings. The molecule has 1 N–H and O–H groups in total. The van der Waals surface area contributed by atoms with Gasteiger partial charge in [-0.05, 0) is 26.2 Å². The van der Waals surface area contributed by atoms with Crippen LogP contribution in [0.1, 0.15) is 49.5 Å². The van der Waals surface area contributed by atoms with E-state index in [2.05, 4.69) is 11.7 Å². The van der Waals surface area contributed by atoms with Crippen LogP contribution in [0.5, 0.6) is 0 Å². The number of nitrogens with zero attached hydrogens (tertiary/aromatic N) is 2. The van der Waals surface area contributed by atoms with Crippen LogP contribution in [0, 0.1) is 6.92 Å². The van der Waals surface area contributed by atoms with E-state index in [9.17, 15) is 5.11 Å². The molecule has 1 aromatic rings. The van der Waals surface area contributed by atoms with Crippen molar-refractivity contribution < 1.29 is 5.11 Å². The molecule has 90 valence electrons. The van der Waals surface area contributed by atoms with E-state index in [-0.39, 0.29) is 6.10 Å². The molecule has 3 heteroatoms. The molecule has 3 nitrogen and oxygen atoms in total. The maximum Gasteiger partial charge on any atom is 0.0823 e. The predicted molar refractivity (Wildman–Crippen MR) is 66.2 cm³/mol. The quantitative estimate of drug-likeness (QED) is 0.569. The number of aromatic nitrogens is 2. The van der Waals surface area contributed by atoms with E-state index in [0.29, 0.717) is 0 Å². The lowest BCUT2D eigenvalue weighted by molar-refractivity contribution is 0.162. The first-order valence-corrected chi connectivity index (χ1v) is 5.94. The van der Waals surface area contributed by atoms with Crippen LogP contribution in [0.3, 0.4) is 0 Å². The van der Waals surface area contributed by atoms with E-state index in [1.54, 1.807) is 10.9 Å². The summed E-state index contributed by atoms with van der Waals surface area (Å²) in [4.78, 5) is 0. The van der Waals surface area contributed by atoms with Gasteiger partial charge in [-0.25, -0.2) is 0 Å². The Hall–Kier alpha value is -1.09. The third kappa shape index (κ3) is 3.49. The maximum atomic E-state index is 10.00. The van der Waals surface area contributed by atoms with Crippen LogP contribution >= 0.6 is 0 Å². The number of hydrogen-bond donors (Lipinski definition) is 1. The van der Waals surface area contributed by atoms with Crippen molar-refractivity contribution in [1.82, 2.24) is 9.78 Å². The molecule has 0 fully saturated rings. The van der Waals surface area contributed by atoms with Gasteiger partial charge in [-0.15, -0.1) is 6.58 Å². The van der Waals surface area contributed by atoms with Crippen LogP contribution in [0.4, 0.5) is 0 Å². The van der Waals surface area contributed by atoms with Crippen molar-refractivity contribution in [2.45, 2.75) is 45.1 Å². The van der Waals surface area contributed by atoms with Crippen molar-refractivity contribution in [1.29, 1.82) is 0 Å². The minimum absolute atomic E-state index is 0.363. The molecule has 0 bridgehead atoms. The highest BCUT2D eigenvalue weighted by Gasteiger charge is 2.12. The summed E-state index contributed by atoms with van der Waals surface area (Å²) in [5.41, 5.74) is 2.02. The van der Waals surface area contributed by atoms with Crippen molar-refractivity contribution in [3.8, 4) is 0 Å². The lowest BCUT2D eigenvalue weighted by Crippen LogP contribution is -2.00. The van der Waals surface area contributed by atoms with Crippen LogP contribution in [0.25, 0.3) is 0 Å². The molecule has 1 aromatic heterocycles. The van der Waals surface area contributed by atoms with Gasteiger partial charge in [0.25, 0.3) is 0 Å². The second kappa shape index (κ2) is 6.48. The average Bonchev–Trinajstić information content (AvgIpc) is 2.59. The molecule has 0 amide bonds. The fourth-order valence-corrected chi connectivity index (χ4v) is 1.80. The molecule has 0 saturated carbocycles. The smallest absolute Gasteiger partial charge is 0.0823 e. The highest BCUT2D eigenvalue weighted by Crippen LogP contribution is 2.22. The van der Waals surface area contributed by atoms with Crippen LogP contribution < -0.4 is 0 Å². The monoisotopic (exact) mass is 222 g/mol. The number of aliphatic hydroxyl groups excluding tert-OH is 1. The molecule has 1 unspecified atom stereocenters. The Morgan fingerprint density at radius 1 is 1.50 bits per heavy atom. The van der Waals surface area contributed by atoms with Gasteiger partial charge in [0.05, 0.1) is 12.3 Å². The Kier molecular flexibility index (Phi) is 5.26. The molecular formula is C13H22N2O. The first-order chi connectivity index (χ1) is 7.66. The summed E-state index contributed by atoms with van der Waals surface area (Å²) in [6.45, 7) is 5.68. The zero-order valence-corrected chi connectivity index (χ0v) is 10.3. The van der Waals surface area contributed by atoms with E-state index in [4.69, 9.17) is 0 Å². The van der Waals surface area contributed by atoms with Crippen molar-refractivity contribution in [2.75, 3.05) is 0 Å². The van der Waals surface area contributed by atoms with E-state index >= 15 is 0 Å². The summed E-state index contributed by atoms with van der Waals surface area (Å²) in [6, 6.07) is 0. The van der Waals surface area contributed by atoms with E-state index in [1.807, 2.05) is 20.0 Å². The number of allylic oxidation sites excluding steroid dienone is 1. The number of aliphatic hydroxyl groups is 1. The summed E-state index contributed by atoms with van der Waals surface area (Å²) in [5.74, 6) is 0. The van der Waals surface area contributed by atoms with Gasteiger partial charge >= 0.3 is 0 Å². The van der Waals surface area contributed by atoms with Gasteiger partial charge in [0, 0.05) is 18.3 Å². The molecule has 0 radical (unpaired) electrons. The molecule has 0 aromatic carbocycles.